The predicted molar refractivity (Wildman–Crippen MR) is 80.1 cm³/mol. The molecule has 0 aliphatic carbocycles. The highest BCUT2D eigenvalue weighted by Crippen LogP contribution is 2.21. The van der Waals surface area contributed by atoms with E-state index >= 15 is 0 Å². The van der Waals surface area contributed by atoms with Gasteiger partial charge in [0.25, 0.3) is 0 Å². The zero-order valence-electron chi connectivity index (χ0n) is 11.7. The Labute approximate surface area is 115 Å². The maximum atomic E-state index is 3.69. The van der Waals surface area contributed by atoms with E-state index in [9.17, 15) is 0 Å². The summed E-state index contributed by atoms with van der Waals surface area (Å²) in [5.41, 5.74) is 0. The first-order chi connectivity index (χ1) is 8.79. The van der Waals surface area contributed by atoms with E-state index < -0.39 is 0 Å². The highest BCUT2D eigenvalue weighted by atomic mass is 32.1. The average Bonchev–Trinajstić information content (AvgIpc) is 2.90. The van der Waals surface area contributed by atoms with Gasteiger partial charge >= 0.3 is 0 Å². The summed E-state index contributed by atoms with van der Waals surface area (Å²) in [7, 11) is 0. The molecule has 0 saturated carbocycles. The van der Waals surface area contributed by atoms with Gasteiger partial charge in [-0.2, -0.15) is 0 Å². The predicted octanol–water partition coefficient (Wildman–Crippen LogP) is 3.35. The zero-order chi connectivity index (χ0) is 12.8. The Morgan fingerprint density at radius 3 is 2.83 bits per heavy atom. The van der Waals surface area contributed by atoms with Crippen LogP contribution in [0.2, 0.25) is 0 Å². The molecule has 0 radical (unpaired) electrons. The summed E-state index contributed by atoms with van der Waals surface area (Å²) in [6.07, 6.45) is 4.01. The van der Waals surface area contributed by atoms with Gasteiger partial charge in [0.05, 0.1) is 0 Å². The van der Waals surface area contributed by atoms with Crippen LogP contribution >= 0.6 is 11.3 Å². The highest BCUT2D eigenvalue weighted by molar-refractivity contribution is 7.09. The molecule has 1 aliphatic rings. The Morgan fingerprint density at radius 1 is 1.44 bits per heavy atom. The lowest BCUT2D eigenvalue weighted by molar-refractivity contribution is 0.162. The lowest BCUT2D eigenvalue weighted by Gasteiger charge is -2.35. The molecule has 0 amide bonds. The van der Waals surface area contributed by atoms with Gasteiger partial charge in [0.1, 0.15) is 0 Å². The van der Waals surface area contributed by atoms with Gasteiger partial charge in [-0.05, 0) is 63.2 Å². The van der Waals surface area contributed by atoms with Crippen LogP contribution in [-0.2, 0) is 6.54 Å². The molecule has 0 bridgehead atoms. The van der Waals surface area contributed by atoms with Crippen LogP contribution in [0.3, 0.4) is 0 Å². The minimum absolute atomic E-state index is 0.649. The minimum atomic E-state index is 0.649. The van der Waals surface area contributed by atoms with Crippen LogP contribution in [0.25, 0.3) is 0 Å². The number of piperidine rings is 1. The number of nitrogens with one attached hydrogen (secondary N) is 1. The Hall–Kier alpha value is -0.380. The molecule has 1 fully saturated rings. The van der Waals surface area contributed by atoms with Crippen molar-refractivity contribution in [2.45, 2.75) is 45.7 Å². The summed E-state index contributed by atoms with van der Waals surface area (Å²) in [5.74, 6) is 0.859. The largest absolute Gasteiger partial charge is 0.309 e. The SMILES string of the molecule is CCCN1CCC(C(C)NCc2cccs2)CC1. The second-order valence-electron chi connectivity index (χ2n) is 5.43. The molecule has 1 aliphatic heterocycles. The van der Waals surface area contributed by atoms with Crippen LogP contribution in [0.5, 0.6) is 0 Å². The fourth-order valence-electron chi connectivity index (χ4n) is 2.83. The summed E-state index contributed by atoms with van der Waals surface area (Å²) in [5, 5.41) is 5.85. The van der Waals surface area contributed by atoms with Gasteiger partial charge in [-0.25, -0.2) is 0 Å². The molecule has 2 rings (SSSR count). The van der Waals surface area contributed by atoms with E-state index in [2.05, 4.69) is 41.6 Å². The molecular formula is C15H26N2S. The van der Waals surface area contributed by atoms with Crippen molar-refractivity contribution in [2.75, 3.05) is 19.6 Å². The van der Waals surface area contributed by atoms with Gasteiger partial charge in [0, 0.05) is 17.5 Å². The van der Waals surface area contributed by atoms with Gasteiger partial charge in [0.2, 0.25) is 0 Å². The molecule has 0 aromatic carbocycles. The van der Waals surface area contributed by atoms with Crippen LogP contribution in [0, 0.1) is 5.92 Å². The first-order valence-electron chi connectivity index (χ1n) is 7.27. The molecule has 1 aromatic heterocycles. The Bertz CT molecular complexity index is 315. The molecule has 1 saturated heterocycles. The molecule has 1 unspecified atom stereocenters. The van der Waals surface area contributed by atoms with Crippen LogP contribution in [0.1, 0.15) is 38.0 Å². The van der Waals surface area contributed by atoms with Gasteiger partial charge in [-0.1, -0.05) is 13.0 Å². The fourth-order valence-corrected chi connectivity index (χ4v) is 3.49. The minimum Gasteiger partial charge on any atom is -0.309 e. The molecule has 1 aromatic rings. The molecule has 18 heavy (non-hydrogen) atoms. The third kappa shape index (κ3) is 4.08. The number of rotatable bonds is 6. The van der Waals surface area contributed by atoms with E-state index in [1.54, 1.807) is 0 Å². The molecule has 2 heterocycles. The van der Waals surface area contributed by atoms with E-state index in [4.69, 9.17) is 0 Å². The highest BCUT2D eigenvalue weighted by Gasteiger charge is 2.22. The number of hydrogen-bond donors (Lipinski definition) is 1. The van der Waals surface area contributed by atoms with E-state index in [1.807, 2.05) is 11.3 Å². The van der Waals surface area contributed by atoms with E-state index in [0.29, 0.717) is 6.04 Å². The molecule has 1 atom stereocenters. The fraction of sp³-hybridized carbons (Fsp3) is 0.733. The van der Waals surface area contributed by atoms with Crippen molar-refractivity contribution in [3.05, 3.63) is 22.4 Å². The third-order valence-electron chi connectivity index (χ3n) is 4.06. The summed E-state index contributed by atoms with van der Waals surface area (Å²) < 4.78 is 0. The van der Waals surface area contributed by atoms with Crippen molar-refractivity contribution in [2.24, 2.45) is 5.92 Å². The topological polar surface area (TPSA) is 15.3 Å². The van der Waals surface area contributed by atoms with E-state index in [1.165, 1.54) is 43.8 Å². The second-order valence-corrected chi connectivity index (χ2v) is 6.46. The standard InChI is InChI=1S/C15H26N2S/c1-3-8-17-9-6-14(7-10-17)13(2)16-12-15-5-4-11-18-15/h4-5,11,13-14,16H,3,6-10,12H2,1-2H3. The van der Waals surface area contributed by atoms with Crippen LogP contribution in [0.15, 0.2) is 17.5 Å². The molecule has 0 spiro atoms. The van der Waals surface area contributed by atoms with Crippen LogP contribution < -0.4 is 5.32 Å². The van der Waals surface area contributed by atoms with Crippen molar-refractivity contribution in [3.63, 3.8) is 0 Å². The lowest BCUT2D eigenvalue weighted by atomic mass is 9.90. The number of nitrogens with zero attached hydrogens (tertiary/aromatic N) is 1. The average molecular weight is 266 g/mol. The lowest BCUT2D eigenvalue weighted by Crippen LogP contribution is -2.41. The molecule has 1 N–H and O–H groups in total. The van der Waals surface area contributed by atoms with Crippen molar-refractivity contribution in [1.29, 1.82) is 0 Å². The maximum absolute atomic E-state index is 3.69. The first kappa shape index (κ1) is 14.0. The molecule has 2 nitrogen and oxygen atoms in total. The molecule has 102 valence electrons. The van der Waals surface area contributed by atoms with Crippen molar-refractivity contribution < 1.29 is 0 Å². The number of likely N-dealkylation sites (tertiary alicyclic amines) is 1. The van der Waals surface area contributed by atoms with Crippen LogP contribution in [0.4, 0.5) is 0 Å². The quantitative estimate of drug-likeness (QED) is 0.849. The number of hydrogen-bond acceptors (Lipinski definition) is 3. The maximum Gasteiger partial charge on any atom is 0.0302 e. The van der Waals surface area contributed by atoms with Crippen molar-refractivity contribution in [1.82, 2.24) is 10.2 Å². The van der Waals surface area contributed by atoms with Gasteiger partial charge in [-0.15, -0.1) is 11.3 Å². The van der Waals surface area contributed by atoms with E-state index in [-0.39, 0.29) is 0 Å². The van der Waals surface area contributed by atoms with Gasteiger partial charge in [0.15, 0.2) is 0 Å². The zero-order valence-corrected chi connectivity index (χ0v) is 12.5. The van der Waals surface area contributed by atoms with Gasteiger partial charge < -0.3 is 10.2 Å². The van der Waals surface area contributed by atoms with Crippen LogP contribution in [-0.4, -0.2) is 30.6 Å². The summed E-state index contributed by atoms with van der Waals surface area (Å²) in [6.45, 7) is 9.54. The first-order valence-corrected chi connectivity index (χ1v) is 8.15. The Balaban J connectivity index is 1.69. The smallest absolute Gasteiger partial charge is 0.0302 e. The van der Waals surface area contributed by atoms with Gasteiger partial charge in [-0.3, -0.25) is 0 Å². The Morgan fingerprint density at radius 2 is 2.22 bits per heavy atom. The monoisotopic (exact) mass is 266 g/mol. The van der Waals surface area contributed by atoms with Crippen molar-refractivity contribution >= 4 is 11.3 Å². The Kier molecular flexibility index (Phi) is 5.67. The summed E-state index contributed by atoms with van der Waals surface area (Å²) in [4.78, 5) is 4.06. The molecule has 3 heteroatoms. The second kappa shape index (κ2) is 7.27. The number of thiophene rings is 1. The van der Waals surface area contributed by atoms with Crippen molar-refractivity contribution in [3.8, 4) is 0 Å². The third-order valence-corrected chi connectivity index (χ3v) is 4.93. The van der Waals surface area contributed by atoms with E-state index in [0.717, 1.165) is 12.5 Å². The molecular weight excluding hydrogens is 240 g/mol. The summed E-state index contributed by atoms with van der Waals surface area (Å²) >= 11 is 1.85. The normalized spacial score (nSPS) is 20.1. The summed E-state index contributed by atoms with van der Waals surface area (Å²) in [6, 6.07) is 5.00.